The van der Waals surface area contributed by atoms with Crippen LogP contribution >= 0.6 is 0 Å². The molecule has 0 heterocycles. The first-order chi connectivity index (χ1) is 14.0. The van der Waals surface area contributed by atoms with Crippen LogP contribution in [0.2, 0.25) is 0 Å². The van der Waals surface area contributed by atoms with Crippen molar-refractivity contribution in [3.05, 3.63) is 71.8 Å². The lowest BCUT2D eigenvalue weighted by Gasteiger charge is -2.22. The summed E-state index contributed by atoms with van der Waals surface area (Å²) in [6.07, 6.45) is 1.94. The molecule has 2 aromatic carbocycles. The van der Waals surface area contributed by atoms with Crippen LogP contribution in [0.4, 0.5) is 4.79 Å². The highest BCUT2D eigenvalue weighted by atomic mass is 16.5. The zero-order valence-electron chi connectivity index (χ0n) is 16.8. The van der Waals surface area contributed by atoms with E-state index in [-0.39, 0.29) is 12.5 Å². The molecule has 0 fully saturated rings. The Morgan fingerprint density at radius 1 is 0.931 bits per heavy atom. The Hall–Kier alpha value is -3.15. The molecule has 2 N–H and O–H groups in total. The minimum Gasteiger partial charge on any atom is -0.445 e. The zero-order valence-corrected chi connectivity index (χ0v) is 16.8. The number of alkyl carbamates (subject to hydrolysis) is 1. The molecule has 2 rings (SSSR count). The number of nitrogens with one attached hydrogen (secondary N) is 2. The van der Waals surface area contributed by atoms with Crippen LogP contribution in [0.25, 0.3) is 0 Å². The van der Waals surface area contributed by atoms with Gasteiger partial charge < -0.3 is 15.4 Å². The second-order valence-corrected chi connectivity index (χ2v) is 7.26. The highest BCUT2D eigenvalue weighted by Gasteiger charge is 2.25. The maximum Gasteiger partial charge on any atom is 0.408 e. The normalized spacial score (nSPS) is 12.7. The number of carbonyl (C=O) groups excluding carboxylic acids is 3. The minimum atomic E-state index is -0.801. The summed E-state index contributed by atoms with van der Waals surface area (Å²) < 4.78 is 5.21. The summed E-state index contributed by atoms with van der Waals surface area (Å²) in [7, 11) is 0. The van der Waals surface area contributed by atoms with E-state index < -0.39 is 24.1 Å². The fraction of sp³-hybridized carbons (Fsp3) is 0.348. The van der Waals surface area contributed by atoms with Crippen LogP contribution in [-0.2, 0) is 27.4 Å². The fourth-order valence-electron chi connectivity index (χ4n) is 2.85. The van der Waals surface area contributed by atoms with Gasteiger partial charge in [-0.1, -0.05) is 74.5 Å². The average Bonchev–Trinajstić information content (AvgIpc) is 2.72. The average molecular weight is 395 g/mol. The van der Waals surface area contributed by atoms with E-state index in [0.717, 1.165) is 11.1 Å². The quantitative estimate of drug-likeness (QED) is 0.647. The molecule has 0 aliphatic carbocycles. The first-order valence-electron chi connectivity index (χ1n) is 9.67. The molecule has 2 atom stereocenters. The van der Waals surface area contributed by atoms with Crippen molar-refractivity contribution in [2.24, 2.45) is 5.92 Å². The van der Waals surface area contributed by atoms with Gasteiger partial charge in [0, 0.05) is 6.42 Å². The number of amides is 2. The lowest BCUT2D eigenvalue weighted by Crippen LogP contribution is -2.51. The van der Waals surface area contributed by atoms with Gasteiger partial charge in [0.15, 0.2) is 0 Å². The Kier molecular flexibility index (Phi) is 8.89. The van der Waals surface area contributed by atoms with Crippen LogP contribution in [0, 0.1) is 5.92 Å². The molecule has 1 radical (unpaired) electrons. The third-order valence-electron chi connectivity index (χ3n) is 4.27. The molecule has 2 amide bonds. The van der Waals surface area contributed by atoms with Crippen molar-refractivity contribution in [3.63, 3.8) is 0 Å². The van der Waals surface area contributed by atoms with Gasteiger partial charge in [-0.2, -0.15) is 0 Å². The van der Waals surface area contributed by atoms with Gasteiger partial charge in [0.05, 0.1) is 6.04 Å². The molecule has 153 valence electrons. The van der Waals surface area contributed by atoms with Crippen molar-refractivity contribution in [3.8, 4) is 0 Å². The van der Waals surface area contributed by atoms with E-state index >= 15 is 0 Å². The van der Waals surface area contributed by atoms with Gasteiger partial charge in [-0.05, 0) is 23.5 Å². The second kappa shape index (κ2) is 11.6. The molecular weight excluding hydrogens is 368 g/mol. The predicted octanol–water partition coefficient (Wildman–Crippen LogP) is 3.16. The van der Waals surface area contributed by atoms with E-state index in [9.17, 15) is 14.4 Å². The Balaban J connectivity index is 1.93. The van der Waals surface area contributed by atoms with Gasteiger partial charge in [0.2, 0.25) is 12.2 Å². The van der Waals surface area contributed by atoms with Gasteiger partial charge in [-0.25, -0.2) is 4.79 Å². The van der Waals surface area contributed by atoms with Crippen LogP contribution in [0.3, 0.4) is 0 Å². The van der Waals surface area contributed by atoms with Crippen molar-refractivity contribution < 1.29 is 19.1 Å². The van der Waals surface area contributed by atoms with Crippen LogP contribution in [0.5, 0.6) is 0 Å². The van der Waals surface area contributed by atoms with E-state index in [1.165, 1.54) is 0 Å². The molecule has 0 saturated heterocycles. The summed E-state index contributed by atoms with van der Waals surface area (Å²) in [4.78, 5) is 36.2. The van der Waals surface area contributed by atoms with Gasteiger partial charge in [-0.3, -0.25) is 9.59 Å². The summed E-state index contributed by atoms with van der Waals surface area (Å²) in [5.41, 5.74) is 1.77. The molecule has 6 nitrogen and oxygen atoms in total. The molecule has 0 aromatic heterocycles. The van der Waals surface area contributed by atoms with Crippen molar-refractivity contribution in [2.45, 2.75) is 45.4 Å². The third-order valence-corrected chi connectivity index (χ3v) is 4.27. The topological polar surface area (TPSA) is 84.5 Å². The minimum absolute atomic E-state index is 0.113. The molecule has 0 unspecified atom stereocenters. The van der Waals surface area contributed by atoms with Crippen LogP contribution in [0.15, 0.2) is 60.7 Å². The summed E-state index contributed by atoms with van der Waals surface area (Å²) >= 11 is 0. The summed E-state index contributed by atoms with van der Waals surface area (Å²) in [6, 6.07) is 17.1. The molecule has 0 saturated carbocycles. The standard InChI is InChI=1S/C23H27N2O4/c1-17(2)13-21(25-23(28)29-16-19-11-7-4-8-12-19)22(27)24-20(15-26)14-18-9-5-3-6-10-18/h3-12,17,20-21H,13-14,16H2,1-2H3,(H,24,27)(H,25,28)/t20-,21-/m0/s1. The highest BCUT2D eigenvalue weighted by Crippen LogP contribution is 2.08. The summed E-state index contributed by atoms with van der Waals surface area (Å²) in [5.74, 6) is -0.271. The number of hydrogen-bond acceptors (Lipinski definition) is 4. The van der Waals surface area contributed by atoms with Crippen LogP contribution in [0.1, 0.15) is 31.4 Å². The zero-order chi connectivity index (χ0) is 21.1. The summed E-state index contributed by atoms with van der Waals surface area (Å²) in [5, 5.41) is 5.28. The Labute approximate surface area is 171 Å². The van der Waals surface area contributed by atoms with E-state index in [0.29, 0.717) is 12.8 Å². The molecule has 0 aliphatic rings. The maximum absolute atomic E-state index is 12.7. The highest BCUT2D eigenvalue weighted by molar-refractivity contribution is 5.87. The molecule has 0 aliphatic heterocycles. The molecule has 0 bridgehead atoms. The van der Waals surface area contributed by atoms with E-state index in [2.05, 4.69) is 10.6 Å². The third kappa shape index (κ3) is 8.17. The Bertz CT molecular complexity index is 778. The molecular formula is C23H27N2O4. The number of rotatable bonds is 10. The first-order valence-corrected chi connectivity index (χ1v) is 9.67. The maximum atomic E-state index is 12.7. The van der Waals surface area contributed by atoms with Crippen molar-refractivity contribution in [2.75, 3.05) is 0 Å². The number of carbonyl (C=O) groups is 2. The predicted molar refractivity (Wildman–Crippen MR) is 111 cm³/mol. The molecule has 2 aromatic rings. The Morgan fingerprint density at radius 3 is 2.07 bits per heavy atom. The lowest BCUT2D eigenvalue weighted by atomic mass is 10.0. The van der Waals surface area contributed by atoms with Crippen LogP contribution < -0.4 is 10.6 Å². The van der Waals surface area contributed by atoms with Gasteiger partial charge >= 0.3 is 6.09 Å². The summed E-state index contributed by atoms with van der Waals surface area (Å²) in [6.45, 7) is 4.01. The number of ether oxygens (including phenoxy) is 1. The largest absolute Gasteiger partial charge is 0.445 e. The lowest BCUT2D eigenvalue weighted by molar-refractivity contribution is -0.123. The first kappa shape index (κ1) is 22.1. The molecule has 29 heavy (non-hydrogen) atoms. The molecule has 0 spiro atoms. The fourth-order valence-corrected chi connectivity index (χ4v) is 2.85. The van der Waals surface area contributed by atoms with Crippen molar-refractivity contribution >= 4 is 18.3 Å². The molecule has 6 heteroatoms. The van der Waals surface area contributed by atoms with E-state index in [1.54, 1.807) is 0 Å². The van der Waals surface area contributed by atoms with Crippen molar-refractivity contribution in [1.29, 1.82) is 0 Å². The SMILES string of the molecule is CC(C)C[C@H](NC(=O)OCc1ccccc1)C(=O)N[C@H]([C]=O)Cc1ccccc1. The number of benzene rings is 2. The van der Waals surface area contributed by atoms with Crippen LogP contribution in [-0.4, -0.2) is 30.4 Å². The van der Waals surface area contributed by atoms with E-state index in [1.807, 2.05) is 80.8 Å². The van der Waals surface area contributed by atoms with Gasteiger partial charge in [0.25, 0.3) is 0 Å². The second-order valence-electron chi connectivity index (χ2n) is 7.26. The number of hydrogen-bond donors (Lipinski definition) is 2. The Morgan fingerprint density at radius 2 is 1.52 bits per heavy atom. The van der Waals surface area contributed by atoms with E-state index in [4.69, 9.17) is 4.74 Å². The van der Waals surface area contributed by atoms with Crippen molar-refractivity contribution in [1.82, 2.24) is 10.6 Å². The monoisotopic (exact) mass is 395 g/mol. The van der Waals surface area contributed by atoms with Gasteiger partial charge in [-0.15, -0.1) is 0 Å². The smallest absolute Gasteiger partial charge is 0.408 e. The van der Waals surface area contributed by atoms with Gasteiger partial charge in [0.1, 0.15) is 12.6 Å².